The first kappa shape index (κ1) is 13.1. The predicted molar refractivity (Wildman–Crippen MR) is 82.1 cm³/mol. The Bertz CT molecular complexity index is 730. The van der Waals surface area contributed by atoms with Crippen molar-refractivity contribution in [3.63, 3.8) is 0 Å². The highest BCUT2D eigenvalue weighted by atomic mass is 32.1. The van der Waals surface area contributed by atoms with Gasteiger partial charge in [-0.1, -0.05) is 13.0 Å². The molecule has 0 unspecified atom stereocenters. The Morgan fingerprint density at radius 3 is 2.90 bits per heavy atom. The Hall–Kier alpha value is -1.95. The zero-order valence-electron chi connectivity index (χ0n) is 11.8. The van der Waals surface area contributed by atoms with E-state index >= 15 is 0 Å². The highest BCUT2D eigenvalue weighted by Gasteiger charge is 2.14. The summed E-state index contributed by atoms with van der Waals surface area (Å²) >= 11 is 1.74. The van der Waals surface area contributed by atoms with Crippen molar-refractivity contribution in [2.24, 2.45) is 7.05 Å². The van der Waals surface area contributed by atoms with Crippen LogP contribution in [0.3, 0.4) is 0 Å². The molecule has 0 aliphatic carbocycles. The van der Waals surface area contributed by atoms with Crippen molar-refractivity contribution in [1.82, 2.24) is 19.7 Å². The third-order valence-corrected chi connectivity index (χ3v) is 4.10. The molecule has 0 amide bonds. The van der Waals surface area contributed by atoms with Crippen LogP contribution in [0.25, 0.3) is 11.0 Å². The van der Waals surface area contributed by atoms with E-state index in [9.17, 15) is 0 Å². The Morgan fingerprint density at radius 2 is 2.20 bits per heavy atom. The second-order valence-electron chi connectivity index (χ2n) is 4.68. The molecule has 0 saturated heterocycles. The summed E-state index contributed by atoms with van der Waals surface area (Å²) in [6, 6.07) is 4.17. The summed E-state index contributed by atoms with van der Waals surface area (Å²) in [6.45, 7) is 4.82. The molecule has 1 N–H and O–H groups in total. The van der Waals surface area contributed by atoms with Crippen molar-refractivity contribution in [1.29, 1.82) is 0 Å². The molecule has 0 aliphatic rings. The summed E-state index contributed by atoms with van der Waals surface area (Å²) in [6.07, 6.45) is 0.817. The first-order valence-corrected chi connectivity index (χ1v) is 7.53. The fourth-order valence-electron chi connectivity index (χ4n) is 2.25. The second-order valence-corrected chi connectivity index (χ2v) is 5.71. The van der Waals surface area contributed by atoms with Crippen LogP contribution in [-0.2, 0) is 20.0 Å². The Labute approximate surface area is 121 Å². The number of rotatable bonds is 4. The van der Waals surface area contributed by atoms with Gasteiger partial charge >= 0.3 is 0 Å². The maximum Gasteiger partial charge on any atom is 0.156 e. The topological polar surface area (TPSA) is 55.6 Å². The Balaban J connectivity index is 2.03. The number of anilines is 1. The van der Waals surface area contributed by atoms with Crippen molar-refractivity contribution in [2.45, 2.75) is 26.8 Å². The van der Waals surface area contributed by atoms with E-state index in [2.05, 4.69) is 44.8 Å². The minimum atomic E-state index is 0.775. The normalized spacial score (nSPS) is 11.2. The molecule has 0 spiro atoms. The van der Waals surface area contributed by atoms with E-state index in [1.807, 2.05) is 18.7 Å². The van der Waals surface area contributed by atoms with Gasteiger partial charge in [0.15, 0.2) is 5.82 Å². The smallest absolute Gasteiger partial charge is 0.156 e. The van der Waals surface area contributed by atoms with Gasteiger partial charge < -0.3 is 5.32 Å². The SMILES string of the molecule is CCc1nc(NCc2cccs2)c2c(n1)c(C)nn2C. The van der Waals surface area contributed by atoms with Crippen molar-refractivity contribution in [3.8, 4) is 0 Å². The number of aryl methyl sites for hydroxylation is 3. The molecule has 0 aliphatic heterocycles. The third kappa shape index (κ3) is 2.27. The fraction of sp³-hybridized carbons (Fsp3) is 0.357. The molecule has 0 fully saturated rings. The van der Waals surface area contributed by atoms with Crippen LogP contribution in [0.15, 0.2) is 17.5 Å². The van der Waals surface area contributed by atoms with Gasteiger partial charge in [-0.05, 0) is 18.4 Å². The van der Waals surface area contributed by atoms with Crippen LogP contribution < -0.4 is 5.32 Å². The van der Waals surface area contributed by atoms with E-state index in [1.54, 1.807) is 11.3 Å². The molecule has 104 valence electrons. The van der Waals surface area contributed by atoms with Gasteiger partial charge in [0.05, 0.1) is 12.2 Å². The highest BCUT2D eigenvalue weighted by molar-refractivity contribution is 7.09. The highest BCUT2D eigenvalue weighted by Crippen LogP contribution is 2.23. The molecule has 0 saturated carbocycles. The number of nitrogens with zero attached hydrogens (tertiary/aromatic N) is 4. The lowest BCUT2D eigenvalue weighted by atomic mass is 10.3. The predicted octanol–water partition coefficient (Wildman–Crippen LogP) is 2.91. The van der Waals surface area contributed by atoms with E-state index in [0.717, 1.165) is 41.3 Å². The summed E-state index contributed by atoms with van der Waals surface area (Å²) in [4.78, 5) is 10.5. The van der Waals surface area contributed by atoms with Crippen molar-refractivity contribution < 1.29 is 0 Å². The maximum absolute atomic E-state index is 4.61. The molecule has 0 bridgehead atoms. The van der Waals surface area contributed by atoms with E-state index in [1.165, 1.54) is 4.88 Å². The van der Waals surface area contributed by atoms with Crippen LogP contribution in [0, 0.1) is 6.92 Å². The van der Waals surface area contributed by atoms with E-state index < -0.39 is 0 Å². The fourth-order valence-corrected chi connectivity index (χ4v) is 2.89. The Kier molecular flexibility index (Phi) is 3.40. The van der Waals surface area contributed by atoms with Crippen LogP contribution in [0.2, 0.25) is 0 Å². The standard InChI is InChI=1S/C14H17N5S/c1-4-11-16-12-9(2)18-19(3)13(12)14(17-11)15-8-10-6-5-7-20-10/h5-7H,4,8H2,1-3H3,(H,15,16,17). The van der Waals surface area contributed by atoms with Gasteiger partial charge in [-0.15, -0.1) is 11.3 Å². The average Bonchev–Trinajstić information content (AvgIpc) is 3.05. The minimum absolute atomic E-state index is 0.775. The van der Waals surface area contributed by atoms with Crippen LogP contribution in [0.5, 0.6) is 0 Å². The van der Waals surface area contributed by atoms with Crippen LogP contribution >= 0.6 is 11.3 Å². The number of fused-ring (bicyclic) bond motifs is 1. The quantitative estimate of drug-likeness (QED) is 0.801. The third-order valence-electron chi connectivity index (χ3n) is 3.22. The Morgan fingerprint density at radius 1 is 1.35 bits per heavy atom. The van der Waals surface area contributed by atoms with E-state index in [-0.39, 0.29) is 0 Å². The molecular formula is C14H17N5S. The van der Waals surface area contributed by atoms with Gasteiger partial charge in [-0.3, -0.25) is 4.68 Å². The molecule has 3 heterocycles. The number of nitrogens with one attached hydrogen (secondary N) is 1. The first-order valence-electron chi connectivity index (χ1n) is 6.65. The molecule has 20 heavy (non-hydrogen) atoms. The summed E-state index contributed by atoms with van der Waals surface area (Å²) in [5, 5.41) is 9.95. The van der Waals surface area contributed by atoms with E-state index in [0.29, 0.717) is 0 Å². The zero-order chi connectivity index (χ0) is 14.1. The molecule has 0 radical (unpaired) electrons. The zero-order valence-corrected chi connectivity index (χ0v) is 12.7. The molecule has 3 rings (SSSR count). The molecule has 3 aromatic rings. The summed E-state index contributed by atoms with van der Waals surface area (Å²) in [5.74, 6) is 1.71. The van der Waals surface area contributed by atoms with Crippen LogP contribution in [-0.4, -0.2) is 19.7 Å². The number of aromatic nitrogens is 4. The lowest BCUT2D eigenvalue weighted by Crippen LogP contribution is -2.06. The number of thiophene rings is 1. The summed E-state index contributed by atoms with van der Waals surface area (Å²) in [5.41, 5.74) is 2.85. The van der Waals surface area contributed by atoms with Crippen LogP contribution in [0.4, 0.5) is 5.82 Å². The summed E-state index contributed by atoms with van der Waals surface area (Å²) in [7, 11) is 1.93. The maximum atomic E-state index is 4.61. The monoisotopic (exact) mass is 287 g/mol. The number of hydrogen-bond acceptors (Lipinski definition) is 5. The van der Waals surface area contributed by atoms with Gasteiger partial charge in [-0.2, -0.15) is 5.10 Å². The van der Waals surface area contributed by atoms with Crippen molar-refractivity contribution >= 4 is 28.2 Å². The van der Waals surface area contributed by atoms with Gasteiger partial charge in [0.2, 0.25) is 0 Å². The summed E-state index contributed by atoms with van der Waals surface area (Å²) < 4.78 is 1.85. The van der Waals surface area contributed by atoms with Gasteiger partial charge in [0.25, 0.3) is 0 Å². The van der Waals surface area contributed by atoms with Gasteiger partial charge in [-0.25, -0.2) is 9.97 Å². The second kappa shape index (κ2) is 5.20. The molecule has 0 atom stereocenters. The largest absolute Gasteiger partial charge is 0.363 e. The average molecular weight is 287 g/mol. The van der Waals surface area contributed by atoms with E-state index in [4.69, 9.17) is 0 Å². The van der Waals surface area contributed by atoms with Gasteiger partial charge in [0, 0.05) is 18.3 Å². The van der Waals surface area contributed by atoms with Crippen LogP contribution in [0.1, 0.15) is 23.3 Å². The first-order chi connectivity index (χ1) is 9.69. The molecule has 5 nitrogen and oxygen atoms in total. The molecule has 3 aromatic heterocycles. The number of hydrogen-bond donors (Lipinski definition) is 1. The molecular weight excluding hydrogens is 270 g/mol. The van der Waals surface area contributed by atoms with Gasteiger partial charge in [0.1, 0.15) is 16.9 Å². The van der Waals surface area contributed by atoms with Crippen molar-refractivity contribution in [2.75, 3.05) is 5.32 Å². The lowest BCUT2D eigenvalue weighted by molar-refractivity contribution is 0.781. The lowest BCUT2D eigenvalue weighted by Gasteiger charge is -2.08. The van der Waals surface area contributed by atoms with Crippen molar-refractivity contribution in [3.05, 3.63) is 33.9 Å². The minimum Gasteiger partial charge on any atom is -0.363 e. The molecule has 6 heteroatoms. The molecule has 0 aromatic carbocycles.